The third-order valence-corrected chi connectivity index (χ3v) is 5.75. The molecule has 4 heteroatoms. The van der Waals surface area contributed by atoms with Crippen LogP contribution >= 0.6 is 0 Å². The van der Waals surface area contributed by atoms with Crippen molar-refractivity contribution in [2.75, 3.05) is 13.2 Å². The van der Waals surface area contributed by atoms with Crippen molar-refractivity contribution in [2.45, 2.75) is 65.7 Å². The summed E-state index contributed by atoms with van der Waals surface area (Å²) < 4.78 is 11.1. The smallest absolute Gasteiger partial charge is 0.310 e. The van der Waals surface area contributed by atoms with Crippen LogP contribution in [0.5, 0.6) is 0 Å². The van der Waals surface area contributed by atoms with E-state index in [1.165, 1.54) is 6.42 Å². The Labute approximate surface area is 152 Å². The molecule has 2 bridgehead atoms. The van der Waals surface area contributed by atoms with E-state index >= 15 is 0 Å². The number of allylic oxidation sites excluding steroid dienone is 2. The van der Waals surface area contributed by atoms with Gasteiger partial charge in [0.15, 0.2) is 0 Å². The number of rotatable bonds is 11. The highest BCUT2D eigenvalue weighted by atomic mass is 16.5. The van der Waals surface area contributed by atoms with Gasteiger partial charge in [0.25, 0.3) is 0 Å². The lowest BCUT2D eigenvalue weighted by atomic mass is 9.83. The molecule has 2 unspecified atom stereocenters. The first-order chi connectivity index (χ1) is 12.1. The molecule has 2 rings (SSSR count). The Hall–Kier alpha value is -1.32. The molecule has 0 saturated heterocycles. The topological polar surface area (TPSA) is 52.6 Å². The van der Waals surface area contributed by atoms with Crippen LogP contribution in [0.25, 0.3) is 0 Å². The molecule has 2 aliphatic rings. The Morgan fingerprint density at radius 1 is 0.960 bits per heavy atom. The highest BCUT2D eigenvalue weighted by Crippen LogP contribution is 2.49. The molecule has 0 aliphatic heterocycles. The van der Waals surface area contributed by atoms with E-state index in [-0.39, 0.29) is 35.6 Å². The summed E-state index contributed by atoms with van der Waals surface area (Å²) in [6, 6.07) is 0. The van der Waals surface area contributed by atoms with E-state index in [0.29, 0.717) is 19.1 Å². The number of esters is 2. The van der Waals surface area contributed by atoms with Gasteiger partial charge < -0.3 is 9.47 Å². The molecule has 0 heterocycles. The Kier molecular flexibility index (Phi) is 7.98. The molecule has 0 amide bonds. The van der Waals surface area contributed by atoms with E-state index in [4.69, 9.17) is 9.47 Å². The fraction of sp³-hybridized carbons (Fsp3) is 0.810. The summed E-state index contributed by atoms with van der Waals surface area (Å²) in [5, 5.41) is 0. The normalized spacial score (nSPS) is 28.1. The first-order valence-electron chi connectivity index (χ1n) is 10.1. The van der Waals surface area contributed by atoms with Crippen molar-refractivity contribution in [3.8, 4) is 0 Å². The third kappa shape index (κ3) is 5.08. The van der Waals surface area contributed by atoms with Gasteiger partial charge >= 0.3 is 11.9 Å². The van der Waals surface area contributed by atoms with Crippen LogP contribution in [0.4, 0.5) is 0 Å². The maximum absolute atomic E-state index is 12.7. The molecule has 0 aromatic rings. The SMILES string of the molecule is CCCCOC(=O)C1[C@H]2C=C[C@H](C2)[C@H]1C(=O)OCC(CC)CCCC. The summed E-state index contributed by atoms with van der Waals surface area (Å²) in [6.07, 6.45) is 11.3. The summed E-state index contributed by atoms with van der Waals surface area (Å²) in [7, 11) is 0. The molecule has 142 valence electrons. The summed E-state index contributed by atoms with van der Waals surface area (Å²) in [5.74, 6) is -0.430. The Morgan fingerprint density at radius 3 is 2.12 bits per heavy atom. The van der Waals surface area contributed by atoms with E-state index in [9.17, 15) is 9.59 Å². The summed E-state index contributed by atoms with van der Waals surface area (Å²) in [5.41, 5.74) is 0. The summed E-state index contributed by atoms with van der Waals surface area (Å²) in [4.78, 5) is 25.2. The number of unbranched alkanes of at least 4 members (excludes halogenated alkanes) is 2. The first-order valence-corrected chi connectivity index (χ1v) is 10.1. The highest BCUT2D eigenvalue weighted by molar-refractivity contribution is 5.84. The van der Waals surface area contributed by atoms with Gasteiger partial charge in [-0.1, -0.05) is 58.6 Å². The van der Waals surface area contributed by atoms with Gasteiger partial charge in [0.05, 0.1) is 25.0 Å². The second kappa shape index (κ2) is 9.98. The molecule has 0 aromatic carbocycles. The maximum atomic E-state index is 12.7. The van der Waals surface area contributed by atoms with Crippen LogP contribution < -0.4 is 0 Å². The minimum absolute atomic E-state index is 0.136. The minimum atomic E-state index is -0.354. The van der Waals surface area contributed by atoms with Crippen molar-refractivity contribution in [1.82, 2.24) is 0 Å². The lowest BCUT2D eigenvalue weighted by Gasteiger charge is -2.26. The number of fused-ring (bicyclic) bond motifs is 2. The molecule has 1 saturated carbocycles. The standard InChI is InChI=1S/C21H34O4/c1-4-7-9-15(6-3)14-25-21(23)19-17-11-10-16(13-17)18(19)20(22)24-12-8-5-2/h10-11,15-19H,4-9,12-14H2,1-3H3/t15?,16-,17+,18?,19+/m0/s1. The summed E-state index contributed by atoms with van der Waals surface area (Å²) in [6.45, 7) is 7.31. The molecule has 0 N–H and O–H groups in total. The average molecular weight is 350 g/mol. The van der Waals surface area contributed by atoms with E-state index in [0.717, 1.165) is 38.5 Å². The largest absolute Gasteiger partial charge is 0.465 e. The molecule has 1 fully saturated rings. The van der Waals surface area contributed by atoms with Gasteiger partial charge in [-0.3, -0.25) is 9.59 Å². The second-order valence-electron chi connectivity index (χ2n) is 7.57. The molecule has 2 aliphatic carbocycles. The highest BCUT2D eigenvalue weighted by Gasteiger charge is 2.53. The number of carbonyl (C=O) groups is 2. The van der Waals surface area contributed by atoms with E-state index < -0.39 is 0 Å². The van der Waals surface area contributed by atoms with Gasteiger partial charge in [-0.25, -0.2) is 0 Å². The van der Waals surface area contributed by atoms with Crippen LogP contribution in [0.2, 0.25) is 0 Å². The lowest BCUT2D eigenvalue weighted by molar-refractivity contribution is -0.162. The van der Waals surface area contributed by atoms with Crippen LogP contribution in [0.1, 0.15) is 65.7 Å². The van der Waals surface area contributed by atoms with Crippen LogP contribution in [0.15, 0.2) is 12.2 Å². The van der Waals surface area contributed by atoms with Gasteiger partial charge in [0, 0.05) is 0 Å². The van der Waals surface area contributed by atoms with Crippen LogP contribution in [-0.4, -0.2) is 25.2 Å². The predicted molar refractivity (Wildman–Crippen MR) is 97.8 cm³/mol. The Balaban J connectivity index is 1.92. The third-order valence-electron chi connectivity index (χ3n) is 5.75. The van der Waals surface area contributed by atoms with Crippen LogP contribution in [0, 0.1) is 29.6 Å². The molecule has 5 atom stereocenters. The number of carbonyl (C=O) groups excluding carboxylic acids is 2. The Bertz CT molecular complexity index is 471. The zero-order valence-corrected chi connectivity index (χ0v) is 16.0. The van der Waals surface area contributed by atoms with Gasteiger partial charge in [-0.05, 0) is 37.0 Å². The average Bonchev–Trinajstić information content (AvgIpc) is 3.23. The van der Waals surface area contributed by atoms with Gasteiger partial charge in [-0.2, -0.15) is 0 Å². The van der Waals surface area contributed by atoms with Gasteiger partial charge in [-0.15, -0.1) is 0 Å². The quantitative estimate of drug-likeness (QED) is 0.312. The predicted octanol–water partition coefficient (Wildman–Crippen LogP) is 4.53. The van der Waals surface area contributed by atoms with E-state index in [1.54, 1.807) is 0 Å². The van der Waals surface area contributed by atoms with Crippen molar-refractivity contribution in [1.29, 1.82) is 0 Å². The fourth-order valence-electron chi connectivity index (χ4n) is 4.07. The molecule has 0 aromatic heterocycles. The molecule has 4 nitrogen and oxygen atoms in total. The molecule has 0 radical (unpaired) electrons. The molecular formula is C21H34O4. The number of hydrogen-bond donors (Lipinski definition) is 0. The lowest BCUT2D eigenvalue weighted by Crippen LogP contribution is -2.36. The van der Waals surface area contributed by atoms with Crippen molar-refractivity contribution in [2.24, 2.45) is 29.6 Å². The van der Waals surface area contributed by atoms with E-state index in [1.807, 2.05) is 0 Å². The maximum Gasteiger partial charge on any atom is 0.310 e. The van der Waals surface area contributed by atoms with Crippen LogP contribution in [-0.2, 0) is 19.1 Å². The van der Waals surface area contributed by atoms with Gasteiger partial charge in [0.2, 0.25) is 0 Å². The van der Waals surface area contributed by atoms with Gasteiger partial charge in [0.1, 0.15) is 0 Å². The second-order valence-corrected chi connectivity index (χ2v) is 7.57. The van der Waals surface area contributed by atoms with Crippen LogP contribution in [0.3, 0.4) is 0 Å². The monoisotopic (exact) mass is 350 g/mol. The van der Waals surface area contributed by atoms with Crippen molar-refractivity contribution < 1.29 is 19.1 Å². The zero-order valence-electron chi connectivity index (χ0n) is 16.0. The zero-order chi connectivity index (χ0) is 18.2. The molecule has 0 spiro atoms. The number of ether oxygens (including phenoxy) is 2. The molecular weight excluding hydrogens is 316 g/mol. The van der Waals surface area contributed by atoms with Crippen molar-refractivity contribution in [3.63, 3.8) is 0 Å². The number of hydrogen-bond acceptors (Lipinski definition) is 4. The summed E-state index contributed by atoms with van der Waals surface area (Å²) >= 11 is 0. The Morgan fingerprint density at radius 2 is 1.56 bits per heavy atom. The van der Waals surface area contributed by atoms with E-state index in [2.05, 4.69) is 32.9 Å². The first kappa shape index (κ1) is 20.0. The molecule has 25 heavy (non-hydrogen) atoms. The minimum Gasteiger partial charge on any atom is -0.465 e. The van der Waals surface area contributed by atoms with Crippen molar-refractivity contribution >= 4 is 11.9 Å². The fourth-order valence-corrected chi connectivity index (χ4v) is 4.07. The van der Waals surface area contributed by atoms with Crippen molar-refractivity contribution in [3.05, 3.63) is 12.2 Å².